The molecule has 22 heavy (non-hydrogen) atoms. The summed E-state index contributed by atoms with van der Waals surface area (Å²) in [5, 5.41) is 15.3. The molecular weight excluding hydrogens is 298 g/mol. The molecule has 0 bridgehead atoms. The number of aliphatic hydroxyl groups is 1. The Bertz CT molecular complexity index is 654. The Hall–Kier alpha value is -1.76. The lowest BCUT2D eigenvalue weighted by atomic mass is 10.1. The van der Waals surface area contributed by atoms with E-state index >= 15 is 0 Å². The summed E-state index contributed by atoms with van der Waals surface area (Å²) in [6, 6.07) is 7.87. The largest absolute Gasteiger partial charge is 0.392 e. The van der Waals surface area contributed by atoms with E-state index < -0.39 is 6.10 Å². The van der Waals surface area contributed by atoms with Gasteiger partial charge in [-0.1, -0.05) is 24.3 Å². The molecule has 116 valence electrons. The van der Waals surface area contributed by atoms with Crippen LogP contribution in [0.25, 0.3) is 10.4 Å². The van der Waals surface area contributed by atoms with Crippen molar-refractivity contribution < 1.29 is 9.90 Å². The molecule has 0 aliphatic carbocycles. The van der Waals surface area contributed by atoms with Crippen LogP contribution >= 0.6 is 11.3 Å². The zero-order valence-electron chi connectivity index (χ0n) is 12.4. The number of aryl methyl sites for hydroxylation is 1. The highest BCUT2D eigenvalue weighted by Crippen LogP contribution is 2.27. The van der Waals surface area contributed by atoms with Gasteiger partial charge in [0.25, 0.3) is 0 Å². The molecule has 1 fully saturated rings. The van der Waals surface area contributed by atoms with Crippen molar-refractivity contribution in [2.24, 2.45) is 0 Å². The molecule has 2 heterocycles. The van der Waals surface area contributed by atoms with Crippen LogP contribution in [0.15, 0.2) is 29.8 Å². The maximum Gasteiger partial charge on any atom is 0.237 e. The van der Waals surface area contributed by atoms with Crippen LogP contribution in [-0.2, 0) is 11.3 Å². The average molecular weight is 317 g/mol. The number of carbonyl (C=O) groups is 1. The third-order valence-corrected chi connectivity index (χ3v) is 4.83. The number of aliphatic hydroxyl groups excluding tert-OH is 1. The van der Waals surface area contributed by atoms with E-state index in [4.69, 9.17) is 0 Å². The van der Waals surface area contributed by atoms with Crippen LogP contribution in [0.4, 0.5) is 0 Å². The van der Waals surface area contributed by atoms with E-state index in [-0.39, 0.29) is 11.9 Å². The van der Waals surface area contributed by atoms with Crippen LogP contribution in [0, 0.1) is 6.92 Å². The van der Waals surface area contributed by atoms with Gasteiger partial charge in [-0.25, -0.2) is 4.98 Å². The van der Waals surface area contributed by atoms with Crippen molar-refractivity contribution in [1.29, 1.82) is 0 Å². The van der Waals surface area contributed by atoms with Crippen LogP contribution in [-0.4, -0.2) is 34.7 Å². The number of hydrogen-bond donors (Lipinski definition) is 3. The molecule has 0 saturated carbocycles. The number of amides is 1. The van der Waals surface area contributed by atoms with Gasteiger partial charge in [0.15, 0.2) is 0 Å². The highest BCUT2D eigenvalue weighted by molar-refractivity contribution is 7.13. The van der Waals surface area contributed by atoms with Crippen molar-refractivity contribution in [1.82, 2.24) is 15.6 Å². The third kappa shape index (κ3) is 3.35. The fourth-order valence-corrected chi connectivity index (χ4v) is 3.39. The molecule has 5 nitrogen and oxygen atoms in total. The number of nitrogens with zero attached hydrogens (tertiary/aromatic N) is 1. The predicted octanol–water partition coefficient (Wildman–Crippen LogP) is 1.46. The molecule has 1 aromatic heterocycles. The van der Waals surface area contributed by atoms with Crippen molar-refractivity contribution in [2.45, 2.75) is 32.0 Å². The fraction of sp³-hybridized carbons (Fsp3) is 0.375. The van der Waals surface area contributed by atoms with Gasteiger partial charge in [-0.2, -0.15) is 0 Å². The average Bonchev–Trinajstić information content (AvgIpc) is 3.14. The van der Waals surface area contributed by atoms with Crippen molar-refractivity contribution in [3.63, 3.8) is 0 Å². The standard InChI is InChI=1S/C16H19N3O2S/c1-10-15(22-9-19-10)12-4-2-11(3-5-12)7-18-16(21)14-6-13(20)8-17-14/h2-5,9,13-14,17,20H,6-8H2,1H3,(H,18,21)/t13?,14-/m0/s1. The number of carbonyl (C=O) groups excluding carboxylic acids is 1. The summed E-state index contributed by atoms with van der Waals surface area (Å²) in [5.74, 6) is -0.0565. The van der Waals surface area contributed by atoms with E-state index in [0.717, 1.165) is 16.8 Å². The SMILES string of the molecule is Cc1ncsc1-c1ccc(CNC(=O)[C@@H]2CC(O)CN2)cc1. The lowest BCUT2D eigenvalue weighted by Gasteiger charge is -2.11. The second-order valence-corrected chi connectivity index (χ2v) is 6.39. The first-order valence-corrected chi connectivity index (χ1v) is 8.20. The Labute approximate surface area is 133 Å². The Morgan fingerprint density at radius 3 is 2.82 bits per heavy atom. The Morgan fingerprint density at radius 1 is 1.45 bits per heavy atom. The van der Waals surface area contributed by atoms with Gasteiger partial charge >= 0.3 is 0 Å². The van der Waals surface area contributed by atoms with Gasteiger partial charge in [-0.05, 0) is 24.5 Å². The topological polar surface area (TPSA) is 74.2 Å². The predicted molar refractivity (Wildman–Crippen MR) is 86.5 cm³/mol. The van der Waals surface area contributed by atoms with E-state index in [1.165, 1.54) is 4.88 Å². The van der Waals surface area contributed by atoms with Crippen molar-refractivity contribution in [3.8, 4) is 10.4 Å². The van der Waals surface area contributed by atoms with Crippen molar-refractivity contribution in [2.75, 3.05) is 6.54 Å². The summed E-state index contributed by atoms with van der Waals surface area (Å²) in [5.41, 5.74) is 5.09. The summed E-state index contributed by atoms with van der Waals surface area (Å²) >= 11 is 1.63. The number of aromatic nitrogens is 1. The summed E-state index contributed by atoms with van der Waals surface area (Å²) in [4.78, 5) is 17.4. The smallest absolute Gasteiger partial charge is 0.237 e. The van der Waals surface area contributed by atoms with Crippen molar-refractivity contribution in [3.05, 3.63) is 41.0 Å². The highest BCUT2D eigenvalue weighted by Gasteiger charge is 2.27. The molecule has 0 radical (unpaired) electrons. The minimum Gasteiger partial charge on any atom is -0.392 e. The lowest BCUT2D eigenvalue weighted by Crippen LogP contribution is -2.39. The number of rotatable bonds is 4. The Morgan fingerprint density at radius 2 is 2.23 bits per heavy atom. The molecule has 6 heteroatoms. The minimum atomic E-state index is -0.419. The van der Waals surface area contributed by atoms with Gasteiger partial charge in [0, 0.05) is 13.1 Å². The van der Waals surface area contributed by atoms with Crippen LogP contribution in [0.3, 0.4) is 0 Å². The zero-order chi connectivity index (χ0) is 15.5. The number of thiazole rings is 1. The van der Waals surface area contributed by atoms with Crippen LogP contribution < -0.4 is 10.6 Å². The number of β-amino-alcohol motifs (C(OH)–C–C–N with tert-alkyl or cyclic N) is 1. The second kappa shape index (κ2) is 6.56. The van der Waals surface area contributed by atoms with E-state index in [9.17, 15) is 9.90 Å². The quantitative estimate of drug-likeness (QED) is 0.798. The molecular formula is C16H19N3O2S. The molecule has 1 unspecified atom stereocenters. The van der Waals surface area contributed by atoms with Gasteiger partial charge in [0.1, 0.15) is 0 Å². The maximum atomic E-state index is 12.0. The van der Waals surface area contributed by atoms with E-state index in [0.29, 0.717) is 19.5 Å². The van der Waals surface area contributed by atoms with Crippen LogP contribution in [0.2, 0.25) is 0 Å². The minimum absolute atomic E-state index is 0.0565. The van der Waals surface area contributed by atoms with E-state index in [1.54, 1.807) is 11.3 Å². The molecule has 1 aromatic carbocycles. The van der Waals surface area contributed by atoms with Crippen LogP contribution in [0.5, 0.6) is 0 Å². The highest BCUT2D eigenvalue weighted by atomic mass is 32.1. The number of benzene rings is 1. The summed E-state index contributed by atoms with van der Waals surface area (Å²) < 4.78 is 0. The van der Waals surface area contributed by atoms with Gasteiger partial charge < -0.3 is 15.7 Å². The van der Waals surface area contributed by atoms with Gasteiger partial charge in [0.05, 0.1) is 28.2 Å². The van der Waals surface area contributed by atoms with Gasteiger partial charge in [-0.15, -0.1) is 11.3 Å². The molecule has 3 N–H and O–H groups in total. The Balaban J connectivity index is 1.57. The molecule has 3 rings (SSSR count). The number of nitrogens with one attached hydrogen (secondary N) is 2. The third-order valence-electron chi connectivity index (χ3n) is 3.85. The monoisotopic (exact) mass is 317 g/mol. The Kier molecular flexibility index (Phi) is 4.52. The fourth-order valence-electron chi connectivity index (χ4n) is 2.58. The second-order valence-electron chi connectivity index (χ2n) is 5.53. The van der Waals surface area contributed by atoms with E-state index in [2.05, 4.69) is 27.8 Å². The molecule has 0 spiro atoms. The molecule has 1 amide bonds. The molecule has 1 aliphatic heterocycles. The maximum absolute atomic E-state index is 12.0. The van der Waals surface area contributed by atoms with Crippen molar-refractivity contribution >= 4 is 17.2 Å². The first kappa shape index (κ1) is 15.1. The normalized spacial score (nSPS) is 21.0. The van der Waals surface area contributed by atoms with Crippen LogP contribution in [0.1, 0.15) is 17.7 Å². The van der Waals surface area contributed by atoms with Gasteiger partial charge in [0.2, 0.25) is 5.91 Å². The summed E-state index contributed by atoms with van der Waals surface area (Å²) in [6.07, 6.45) is 0.0628. The number of hydrogen-bond acceptors (Lipinski definition) is 5. The first-order chi connectivity index (χ1) is 10.6. The van der Waals surface area contributed by atoms with E-state index in [1.807, 2.05) is 24.6 Å². The molecule has 2 aromatic rings. The zero-order valence-corrected chi connectivity index (χ0v) is 13.2. The first-order valence-electron chi connectivity index (χ1n) is 7.32. The molecule has 2 atom stereocenters. The van der Waals surface area contributed by atoms with Gasteiger partial charge in [-0.3, -0.25) is 4.79 Å². The molecule has 1 saturated heterocycles. The summed E-state index contributed by atoms with van der Waals surface area (Å²) in [7, 11) is 0. The molecule has 1 aliphatic rings. The lowest BCUT2D eigenvalue weighted by molar-refractivity contribution is -0.123. The summed E-state index contributed by atoms with van der Waals surface area (Å²) in [6.45, 7) is 2.99.